The Morgan fingerprint density at radius 1 is 1.00 bits per heavy atom. The van der Waals surface area contributed by atoms with Gasteiger partial charge < -0.3 is 4.90 Å². The maximum atomic E-state index is 11.9. The molecule has 3 N–H and O–H groups in total. The molecule has 2 aromatic carbocycles. The molecule has 0 aliphatic rings. The van der Waals surface area contributed by atoms with E-state index in [-0.39, 0.29) is 18.4 Å². The van der Waals surface area contributed by atoms with Crippen molar-refractivity contribution in [2.24, 2.45) is 0 Å². The average molecular weight is 344 g/mol. The molecule has 0 saturated carbocycles. The molecule has 24 heavy (non-hydrogen) atoms. The molecule has 0 fully saturated rings. The van der Waals surface area contributed by atoms with Crippen LogP contribution in [-0.2, 0) is 11.3 Å². The van der Waals surface area contributed by atoms with Crippen molar-refractivity contribution in [3.63, 3.8) is 0 Å². The largest absolute Gasteiger partial charge is 0.326 e. The second-order valence-electron chi connectivity index (χ2n) is 5.53. The summed E-state index contributed by atoms with van der Waals surface area (Å²) in [5.74, 6) is -0.549. The molecule has 2 amide bonds. The van der Waals surface area contributed by atoms with Crippen LogP contribution in [0.3, 0.4) is 0 Å². The summed E-state index contributed by atoms with van der Waals surface area (Å²) in [6.45, 7) is 1.02. The lowest BCUT2D eigenvalue weighted by Gasteiger charge is -2.14. The Morgan fingerprint density at radius 2 is 1.67 bits per heavy atom. The fraction of sp³-hybridized carbons (Fsp3) is 0.222. The van der Waals surface area contributed by atoms with Crippen molar-refractivity contribution in [2.75, 3.05) is 19.8 Å². The highest BCUT2D eigenvalue weighted by atomic mass is 32.2. The van der Waals surface area contributed by atoms with Crippen LogP contribution in [-0.4, -0.2) is 31.7 Å². The summed E-state index contributed by atoms with van der Waals surface area (Å²) >= 11 is 1.70. The van der Waals surface area contributed by atoms with Crippen LogP contribution in [0.2, 0.25) is 0 Å². The highest BCUT2D eigenvalue weighted by molar-refractivity contribution is 7.98. The van der Waals surface area contributed by atoms with Crippen molar-refractivity contribution >= 4 is 23.6 Å². The molecular formula is C18H22N3O2S+. The third-order valence-electron chi connectivity index (χ3n) is 3.48. The molecule has 126 valence electrons. The van der Waals surface area contributed by atoms with E-state index < -0.39 is 0 Å². The van der Waals surface area contributed by atoms with Crippen molar-refractivity contribution in [1.29, 1.82) is 0 Å². The van der Waals surface area contributed by atoms with Crippen LogP contribution in [0.5, 0.6) is 0 Å². The van der Waals surface area contributed by atoms with E-state index in [9.17, 15) is 9.59 Å². The zero-order chi connectivity index (χ0) is 17.4. The van der Waals surface area contributed by atoms with Crippen molar-refractivity contribution in [3.8, 4) is 0 Å². The average Bonchev–Trinajstić information content (AvgIpc) is 2.61. The first-order valence-corrected chi connectivity index (χ1v) is 8.89. The van der Waals surface area contributed by atoms with Gasteiger partial charge in [-0.3, -0.25) is 20.4 Å². The number of carbonyl (C=O) groups excluding carboxylic acids is 2. The molecule has 2 rings (SSSR count). The van der Waals surface area contributed by atoms with Crippen LogP contribution in [0.4, 0.5) is 0 Å². The molecule has 0 heterocycles. The van der Waals surface area contributed by atoms with Crippen LogP contribution in [0.15, 0.2) is 59.5 Å². The van der Waals surface area contributed by atoms with Gasteiger partial charge in [-0.2, -0.15) is 0 Å². The molecule has 0 aromatic heterocycles. The van der Waals surface area contributed by atoms with E-state index in [4.69, 9.17) is 0 Å². The Bertz CT molecular complexity index is 674. The number of nitrogens with one attached hydrogen (secondary N) is 3. The molecule has 6 heteroatoms. The van der Waals surface area contributed by atoms with Crippen molar-refractivity contribution < 1.29 is 14.5 Å². The Hall–Kier alpha value is -2.31. The zero-order valence-corrected chi connectivity index (χ0v) is 14.7. The van der Waals surface area contributed by atoms with Crippen LogP contribution >= 0.6 is 11.8 Å². The SMILES string of the molecule is CSc1ccc(C[NH+](C)CC(=O)NNC(=O)c2ccccc2)cc1. The summed E-state index contributed by atoms with van der Waals surface area (Å²) in [5.41, 5.74) is 6.56. The molecule has 0 spiro atoms. The van der Waals surface area contributed by atoms with Gasteiger partial charge in [0.25, 0.3) is 11.8 Å². The van der Waals surface area contributed by atoms with Gasteiger partial charge >= 0.3 is 0 Å². The van der Waals surface area contributed by atoms with E-state index in [1.165, 1.54) is 10.5 Å². The number of hydrogen-bond acceptors (Lipinski definition) is 3. The smallest absolute Gasteiger partial charge is 0.293 e. The van der Waals surface area contributed by atoms with Gasteiger partial charge in [-0.25, -0.2) is 0 Å². The van der Waals surface area contributed by atoms with Gasteiger partial charge in [0, 0.05) is 16.0 Å². The topological polar surface area (TPSA) is 62.6 Å². The number of hydrogen-bond donors (Lipinski definition) is 3. The van der Waals surface area contributed by atoms with Gasteiger partial charge in [0.2, 0.25) is 0 Å². The lowest BCUT2D eigenvalue weighted by atomic mass is 10.2. The molecule has 0 saturated heterocycles. The monoisotopic (exact) mass is 344 g/mol. The standard InChI is InChI=1S/C18H21N3O2S/c1-21(12-14-8-10-16(24-2)11-9-14)13-17(22)19-20-18(23)15-6-4-3-5-7-15/h3-11H,12-13H2,1-2H3,(H,19,22)(H,20,23)/p+1. The normalized spacial score (nSPS) is 11.6. The Labute approximate surface area is 146 Å². The van der Waals surface area contributed by atoms with Crippen LogP contribution in [0.25, 0.3) is 0 Å². The molecule has 0 radical (unpaired) electrons. The Kier molecular flexibility index (Phi) is 6.84. The second-order valence-corrected chi connectivity index (χ2v) is 6.41. The summed E-state index contributed by atoms with van der Waals surface area (Å²) in [4.78, 5) is 26.0. The number of amides is 2. The fourth-order valence-corrected chi connectivity index (χ4v) is 2.67. The van der Waals surface area contributed by atoms with Crippen molar-refractivity contribution in [1.82, 2.24) is 10.9 Å². The predicted octanol–water partition coefficient (Wildman–Crippen LogP) is 0.884. The minimum atomic E-state index is -0.325. The van der Waals surface area contributed by atoms with Crippen molar-refractivity contribution in [3.05, 3.63) is 65.7 Å². The third-order valence-corrected chi connectivity index (χ3v) is 4.22. The van der Waals surface area contributed by atoms with Gasteiger partial charge in [0.1, 0.15) is 6.54 Å². The Morgan fingerprint density at radius 3 is 2.29 bits per heavy atom. The third kappa shape index (κ3) is 5.72. The quantitative estimate of drug-likeness (QED) is 0.539. The van der Waals surface area contributed by atoms with Crippen LogP contribution < -0.4 is 15.8 Å². The van der Waals surface area contributed by atoms with E-state index in [0.717, 1.165) is 11.4 Å². The van der Waals surface area contributed by atoms with Gasteiger partial charge in [-0.1, -0.05) is 30.3 Å². The van der Waals surface area contributed by atoms with Gasteiger partial charge in [0.15, 0.2) is 6.54 Å². The molecule has 0 aliphatic heterocycles. The van der Waals surface area contributed by atoms with Crippen molar-refractivity contribution in [2.45, 2.75) is 11.4 Å². The van der Waals surface area contributed by atoms with Crippen LogP contribution in [0, 0.1) is 0 Å². The number of thioether (sulfide) groups is 1. The maximum Gasteiger partial charge on any atom is 0.293 e. The summed E-state index contributed by atoms with van der Waals surface area (Å²) in [7, 11) is 1.95. The number of carbonyl (C=O) groups is 2. The van der Waals surface area contributed by atoms with E-state index in [2.05, 4.69) is 35.1 Å². The minimum absolute atomic E-state index is 0.225. The number of likely N-dealkylation sites (N-methyl/N-ethyl adjacent to an activating group) is 1. The minimum Gasteiger partial charge on any atom is -0.326 e. The maximum absolute atomic E-state index is 11.9. The molecule has 1 unspecified atom stereocenters. The van der Waals surface area contributed by atoms with E-state index in [0.29, 0.717) is 5.56 Å². The first-order chi connectivity index (χ1) is 11.6. The molecular weight excluding hydrogens is 322 g/mol. The second kappa shape index (κ2) is 9.10. The van der Waals surface area contributed by atoms with E-state index in [1.54, 1.807) is 36.0 Å². The number of benzene rings is 2. The van der Waals surface area contributed by atoms with Gasteiger partial charge in [-0.05, 0) is 30.5 Å². The molecule has 0 bridgehead atoms. The molecule has 2 aromatic rings. The number of quaternary nitrogens is 1. The molecule has 5 nitrogen and oxygen atoms in total. The zero-order valence-electron chi connectivity index (χ0n) is 13.8. The highest BCUT2D eigenvalue weighted by Crippen LogP contribution is 2.14. The first kappa shape index (κ1) is 18.0. The lowest BCUT2D eigenvalue weighted by Crippen LogP contribution is -3.09. The van der Waals surface area contributed by atoms with E-state index in [1.807, 2.05) is 19.4 Å². The predicted molar refractivity (Wildman–Crippen MR) is 95.7 cm³/mol. The van der Waals surface area contributed by atoms with Gasteiger partial charge in [0.05, 0.1) is 7.05 Å². The molecule has 0 aliphatic carbocycles. The Balaban J connectivity index is 1.75. The summed E-state index contributed by atoms with van der Waals surface area (Å²) in [6.07, 6.45) is 2.04. The lowest BCUT2D eigenvalue weighted by molar-refractivity contribution is -0.885. The van der Waals surface area contributed by atoms with Gasteiger partial charge in [-0.15, -0.1) is 11.8 Å². The number of hydrazine groups is 1. The summed E-state index contributed by atoms with van der Waals surface area (Å²) in [6, 6.07) is 17.1. The highest BCUT2D eigenvalue weighted by Gasteiger charge is 2.12. The molecule has 1 atom stereocenters. The summed E-state index contributed by atoms with van der Waals surface area (Å²) < 4.78 is 0. The first-order valence-electron chi connectivity index (χ1n) is 7.67. The van der Waals surface area contributed by atoms with E-state index >= 15 is 0 Å². The fourth-order valence-electron chi connectivity index (χ4n) is 2.26. The summed E-state index contributed by atoms with van der Waals surface area (Å²) in [5, 5.41) is 0. The number of rotatable bonds is 6. The van der Waals surface area contributed by atoms with Crippen LogP contribution in [0.1, 0.15) is 15.9 Å².